The minimum Gasteiger partial charge on any atom is -0.482 e. The number of nitrogens with zero attached hydrogens (tertiary/aromatic N) is 14. The zero-order chi connectivity index (χ0) is 72.6. The van der Waals surface area contributed by atoms with E-state index in [0.717, 1.165) is 108 Å². The van der Waals surface area contributed by atoms with Gasteiger partial charge in [0.25, 0.3) is 0 Å². The van der Waals surface area contributed by atoms with Gasteiger partial charge >= 0.3 is 47.0 Å². The molecular weight excluding hydrogens is 1440 g/mol. The number of amidine groups is 6. The van der Waals surface area contributed by atoms with Crippen molar-refractivity contribution in [1.82, 2.24) is 24.8 Å². The maximum atomic E-state index is 9.50. The van der Waals surface area contributed by atoms with Crippen LogP contribution in [0.2, 0.25) is 0 Å². The first kappa shape index (κ1) is 63.0. The minimum absolute atomic E-state index is 0.513. The Kier molecular flexibility index (Phi) is 13.8. The number of fused-ring (bicyclic) bond motifs is 30. The molecule has 16 aromatic rings. The highest BCUT2D eigenvalue weighted by atomic mass is 28.5. The first-order valence-electron chi connectivity index (χ1n) is 37.1. The summed E-state index contributed by atoms with van der Waals surface area (Å²) >= 11 is -7.85. The highest BCUT2D eigenvalue weighted by Crippen LogP contribution is 2.45. The van der Waals surface area contributed by atoms with Crippen molar-refractivity contribution >= 4 is 169 Å². The quantitative estimate of drug-likeness (QED) is 0.128. The Morgan fingerprint density at radius 1 is 0.252 bits per heavy atom. The molecule has 0 aliphatic carbocycles. The predicted octanol–water partition coefficient (Wildman–Crippen LogP) is 11.1. The van der Waals surface area contributed by atoms with Crippen LogP contribution in [0, 0.1) is 0 Å². The molecule has 0 saturated carbocycles. The maximum Gasteiger partial charge on any atom is 0.800 e. The van der Waals surface area contributed by atoms with Crippen LogP contribution in [0.15, 0.2) is 365 Å². The summed E-state index contributed by atoms with van der Waals surface area (Å²) < 4.78 is 37.4. The highest BCUT2D eigenvalue weighted by molar-refractivity contribution is 7.07. The van der Waals surface area contributed by atoms with Gasteiger partial charge < -0.3 is 35.9 Å². The van der Waals surface area contributed by atoms with Gasteiger partial charge in [0.1, 0.15) is 69.2 Å². The summed E-state index contributed by atoms with van der Waals surface area (Å²) in [6, 6.07) is 109. The number of aromatic nitrogens is 4. The maximum absolute atomic E-state index is 9.50. The van der Waals surface area contributed by atoms with Crippen LogP contribution >= 0.6 is 0 Å². The minimum atomic E-state index is -4.78. The summed E-state index contributed by atoms with van der Waals surface area (Å²) in [6.45, 7) is 0. The van der Waals surface area contributed by atoms with E-state index in [0.29, 0.717) is 80.2 Å². The van der Waals surface area contributed by atoms with Gasteiger partial charge in [-0.1, -0.05) is 315 Å². The van der Waals surface area contributed by atoms with Gasteiger partial charge in [-0.2, -0.15) is 0 Å². The molecule has 8 aliphatic rings. The van der Waals surface area contributed by atoms with E-state index in [4.69, 9.17) is 49.9 Å². The molecule has 12 heterocycles. The lowest BCUT2D eigenvalue weighted by molar-refractivity contribution is 0.349. The molecule has 0 radical (unpaired) electrons. The van der Waals surface area contributed by atoms with Crippen LogP contribution in [0.25, 0.3) is 43.1 Å². The summed E-state index contributed by atoms with van der Waals surface area (Å²) in [5, 5.41) is 17.8. The third-order valence-corrected chi connectivity index (χ3v) is 37.1. The molecule has 19 nitrogen and oxygen atoms in total. The van der Waals surface area contributed by atoms with Crippen molar-refractivity contribution in [3.63, 3.8) is 0 Å². The molecule has 24 rings (SSSR count). The van der Waals surface area contributed by atoms with E-state index < -0.39 is 59.3 Å². The first-order chi connectivity index (χ1) is 55.0. The van der Waals surface area contributed by atoms with Crippen molar-refractivity contribution in [3.8, 4) is 0 Å². The average molecular weight is 1500 g/mol. The van der Waals surface area contributed by atoms with E-state index in [1.165, 1.54) is 0 Å². The SMILES string of the molecule is c1ccc([Si]([O][Al]2[n]3c4c5ccccc5c3/N=C3\NC(/N=c5/c6ccccc6c([n]52)=NC2=N/C(=N\4)c4ccccc42)c2ccccc23)(O[Si]([O][Al]2[n]3c4c5ccccc5c3/N=C3\NC(/N=c5/c6ccccc6c([n]52)=NC2=N/C(=N\4)c4ccccc42)c2ccccc23)(c2ccccc2)c2ccccc2)c2ccccc2)cc1. The summed E-state index contributed by atoms with van der Waals surface area (Å²) in [5.41, 5.74) is 9.74. The van der Waals surface area contributed by atoms with Gasteiger partial charge in [-0.05, 0) is 20.7 Å². The van der Waals surface area contributed by atoms with Crippen molar-refractivity contribution in [1.29, 1.82) is 0 Å². The molecule has 111 heavy (non-hydrogen) atoms. The van der Waals surface area contributed by atoms with Crippen LogP contribution in [-0.2, 0) is 11.1 Å². The van der Waals surface area contributed by atoms with Gasteiger partial charge in [0.05, 0.1) is 0 Å². The smallest absolute Gasteiger partial charge is 0.482 e. The normalized spacial score (nSPS) is 18.9. The largest absolute Gasteiger partial charge is 0.800 e. The summed E-state index contributed by atoms with van der Waals surface area (Å²) in [5.74, 6) is 5.83. The van der Waals surface area contributed by atoms with E-state index in [2.05, 4.69) is 316 Å². The van der Waals surface area contributed by atoms with E-state index in [-0.39, 0.29) is 0 Å². The number of hydrogen-bond acceptors (Lipinski definition) is 15. The number of rotatable bonds is 10. The number of hydrogen-bond donors (Lipinski definition) is 2. The van der Waals surface area contributed by atoms with Gasteiger partial charge in [0, 0.05) is 87.6 Å². The molecule has 2 unspecified atom stereocenters. The van der Waals surface area contributed by atoms with E-state index in [9.17, 15) is 11.1 Å². The second-order valence-electron chi connectivity index (χ2n) is 28.4. The molecule has 0 spiro atoms. The van der Waals surface area contributed by atoms with Gasteiger partial charge in [-0.3, -0.25) is 0 Å². The second kappa shape index (κ2) is 24.2. The van der Waals surface area contributed by atoms with Crippen molar-refractivity contribution < 1.29 is 11.1 Å². The summed E-state index contributed by atoms with van der Waals surface area (Å²) in [7, 11) is -9.57. The van der Waals surface area contributed by atoms with Crippen LogP contribution in [0.1, 0.15) is 56.8 Å². The van der Waals surface area contributed by atoms with Crippen molar-refractivity contribution in [2.45, 2.75) is 12.3 Å². The van der Waals surface area contributed by atoms with E-state index in [1.807, 2.05) is 24.3 Å². The first-order valence-corrected chi connectivity index (χ1v) is 43.7. The Bertz CT molecular complexity index is 6740. The van der Waals surface area contributed by atoms with Crippen LogP contribution < -0.4 is 53.3 Å². The van der Waals surface area contributed by atoms with Gasteiger partial charge in [0.2, 0.25) is 0 Å². The lowest BCUT2D eigenvalue weighted by Gasteiger charge is -2.44. The standard InChI is InChI=1S/2C32H18N8.C24H20O3Si2.2Al/c2*1-2-10-18-17(9-1)25-33-26(18)38-28-21-13-5-6-14-22(21)30(35-28)40-32-24-16-8-7-15-23(24)31(36-32)39-29-20-12-4-3-11-19(20)27(34-29)37-25;25-28(21-13-5-1-6-14-21,22-15-7-2-8-16-22)27-29(26,23-17-9-3-10-18-23)24-19-11-4-12-20-24;;/h2*1-16,25H,(H-,33,34,36,37,38,39,40);1-20H;;/q3*-2;2*+3. The molecule has 0 saturated heterocycles. The second-order valence-corrected chi connectivity index (χ2v) is 39.3. The van der Waals surface area contributed by atoms with Gasteiger partial charge in [0.15, 0.2) is 23.3 Å². The molecule has 2 atom stereocenters. The Morgan fingerprint density at radius 2 is 0.523 bits per heavy atom. The third-order valence-electron chi connectivity index (χ3n) is 22.4. The molecule has 12 aromatic carbocycles. The van der Waals surface area contributed by atoms with Crippen molar-refractivity contribution in [2.24, 2.45) is 49.9 Å². The average Bonchev–Trinajstić information content (AvgIpc) is 1.56. The molecule has 12 bridgehead atoms. The molecule has 4 aromatic heterocycles. The monoisotopic (exact) mass is 1490 g/mol. The fraction of sp³-hybridized carbons (Fsp3) is 0.0227. The van der Waals surface area contributed by atoms with Crippen LogP contribution in [0.3, 0.4) is 0 Å². The Morgan fingerprint density at radius 3 is 0.865 bits per heavy atom. The Hall–Kier alpha value is -13.0. The van der Waals surface area contributed by atoms with E-state index in [1.54, 1.807) is 0 Å². The number of nitrogens with one attached hydrogen (secondary N) is 2. The molecule has 0 amide bonds. The lowest BCUT2D eigenvalue weighted by Crippen LogP contribution is -2.78. The van der Waals surface area contributed by atoms with Crippen LogP contribution in [-0.4, -0.2) is 96.2 Å². The summed E-state index contributed by atoms with van der Waals surface area (Å²) in [6.07, 6.45) is -1.18. The van der Waals surface area contributed by atoms with Crippen molar-refractivity contribution in [3.05, 3.63) is 382 Å². The highest BCUT2D eigenvalue weighted by Gasteiger charge is 2.61. The zero-order valence-electron chi connectivity index (χ0n) is 58.8. The molecule has 23 heteroatoms. The van der Waals surface area contributed by atoms with E-state index >= 15 is 0 Å². The molecular formula is C88H56Al2N16O3Si2. The fourth-order valence-electron chi connectivity index (χ4n) is 17.4. The number of benzene rings is 12. The predicted molar refractivity (Wildman–Crippen MR) is 440 cm³/mol. The summed E-state index contributed by atoms with van der Waals surface area (Å²) in [4.78, 5) is 58.3. The topological polar surface area (TPSA) is 195 Å². The van der Waals surface area contributed by atoms with Crippen LogP contribution in [0.4, 0.5) is 23.3 Å². The third kappa shape index (κ3) is 9.29. The Labute approximate surface area is 644 Å². The lowest BCUT2D eigenvalue weighted by atomic mass is 10.1. The molecule has 8 aliphatic heterocycles. The zero-order valence-corrected chi connectivity index (χ0v) is 63.1. The molecule has 0 fully saturated rings. The van der Waals surface area contributed by atoms with Gasteiger partial charge in [-0.25, -0.2) is 49.9 Å². The number of aliphatic imine (C=N–C) groups is 6. The fourth-order valence-corrected chi connectivity index (χ4v) is 35.3. The van der Waals surface area contributed by atoms with Crippen LogP contribution in [0.5, 0.6) is 0 Å². The Balaban J connectivity index is 0.860. The van der Waals surface area contributed by atoms with Gasteiger partial charge in [-0.15, -0.1) is 0 Å². The van der Waals surface area contributed by atoms with Crippen molar-refractivity contribution in [2.75, 3.05) is 0 Å². The molecule has 520 valence electrons. The molecule has 2 N–H and O–H groups in total.